The van der Waals surface area contributed by atoms with Gasteiger partial charge in [-0.05, 0) is 55.7 Å². The smallest absolute Gasteiger partial charge is 0.243 e. The Morgan fingerprint density at radius 3 is 2.62 bits per heavy atom. The third kappa shape index (κ3) is 7.12. The highest BCUT2D eigenvalue weighted by Crippen LogP contribution is 2.18. The fourth-order valence-electron chi connectivity index (χ4n) is 3.77. The van der Waals surface area contributed by atoms with E-state index in [1.165, 1.54) is 11.2 Å². The first-order valence-electron chi connectivity index (χ1n) is 11.3. The quantitative estimate of drug-likeness (QED) is 0.466. The predicted octanol–water partition coefficient (Wildman–Crippen LogP) is 2.19. The fraction of sp³-hybridized carbons (Fsp3) is 0.478. The highest BCUT2D eigenvalue weighted by molar-refractivity contribution is 7.89. The van der Waals surface area contributed by atoms with Gasteiger partial charge in [0.05, 0.1) is 30.4 Å². The van der Waals surface area contributed by atoms with E-state index in [1.54, 1.807) is 12.1 Å². The van der Waals surface area contributed by atoms with Crippen molar-refractivity contribution in [3.05, 3.63) is 54.2 Å². The van der Waals surface area contributed by atoms with E-state index < -0.39 is 34.3 Å². The highest BCUT2D eigenvalue weighted by Gasteiger charge is 2.33. The number of hydrogen-bond acceptors (Lipinski definition) is 6. The van der Waals surface area contributed by atoms with E-state index in [0.29, 0.717) is 25.2 Å². The molecule has 11 heteroatoms. The topological polar surface area (TPSA) is 118 Å². The molecule has 9 nitrogen and oxygen atoms in total. The summed E-state index contributed by atoms with van der Waals surface area (Å²) < 4.78 is 51.4. The summed E-state index contributed by atoms with van der Waals surface area (Å²) in [6.45, 7) is 2.28. The lowest BCUT2D eigenvalue weighted by atomic mass is 10.1. The summed E-state index contributed by atoms with van der Waals surface area (Å²) in [4.78, 5) is 27.5. The number of halogens is 1. The average Bonchev–Trinajstić information content (AvgIpc) is 3.53. The summed E-state index contributed by atoms with van der Waals surface area (Å²) in [5, 5.41) is 2.79. The van der Waals surface area contributed by atoms with Gasteiger partial charge in [-0.2, -0.15) is 0 Å². The maximum absolute atomic E-state index is 13.2. The number of hydrogen-bond donors (Lipinski definition) is 2. The first-order chi connectivity index (χ1) is 16.3. The van der Waals surface area contributed by atoms with Crippen molar-refractivity contribution < 1.29 is 31.6 Å². The van der Waals surface area contributed by atoms with Crippen LogP contribution in [0.3, 0.4) is 0 Å². The molecule has 0 spiro atoms. The van der Waals surface area contributed by atoms with E-state index in [-0.39, 0.29) is 30.0 Å². The number of benzene rings is 1. The van der Waals surface area contributed by atoms with Crippen LogP contribution in [0.15, 0.2) is 52.0 Å². The molecule has 0 aliphatic carbocycles. The molecule has 1 aromatic carbocycles. The molecule has 1 fully saturated rings. The van der Waals surface area contributed by atoms with Crippen molar-refractivity contribution >= 4 is 21.8 Å². The molecule has 2 atom stereocenters. The Morgan fingerprint density at radius 2 is 2.00 bits per heavy atom. The van der Waals surface area contributed by atoms with Crippen molar-refractivity contribution in [3.8, 4) is 0 Å². The Balaban J connectivity index is 1.73. The first-order valence-corrected chi connectivity index (χ1v) is 12.7. The molecule has 0 saturated carbocycles. The van der Waals surface area contributed by atoms with E-state index in [9.17, 15) is 22.4 Å². The number of amides is 2. The second-order valence-electron chi connectivity index (χ2n) is 8.06. The molecule has 1 aliphatic heterocycles. The Hall–Kier alpha value is -2.76. The van der Waals surface area contributed by atoms with E-state index in [2.05, 4.69) is 10.0 Å². The minimum absolute atomic E-state index is 0.159. The number of nitrogens with one attached hydrogen (secondary N) is 2. The normalized spacial score (nSPS) is 16.8. The SMILES string of the molecule is CCC[C@@H](C(=O)NCc1ccco1)N(C[C@@H]1CCCO1)C(=O)CNS(=O)(=O)c1ccc(F)cc1. The largest absolute Gasteiger partial charge is 0.467 e. The molecule has 1 aromatic heterocycles. The van der Waals surface area contributed by atoms with E-state index in [0.717, 1.165) is 37.1 Å². The molecule has 2 N–H and O–H groups in total. The van der Waals surface area contributed by atoms with Crippen molar-refractivity contribution in [1.29, 1.82) is 0 Å². The molecular weight excluding hydrogens is 465 g/mol. The van der Waals surface area contributed by atoms with E-state index in [1.807, 2.05) is 6.92 Å². The maximum Gasteiger partial charge on any atom is 0.243 e. The van der Waals surface area contributed by atoms with Crippen LogP contribution in [0.2, 0.25) is 0 Å². The van der Waals surface area contributed by atoms with Crippen LogP contribution in [0.1, 0.15) is 38.4 Å². The van der Waals surface area contributed by atoms with Crippen LogP contribution in [0, 0.1) is 5.82 Å². The zero-order valence-electron chi connectivity index (χ0n) is 19.0. The Bertz CT molecular complexity index is 1040. The summed E-state index contributed by atoms with van der Waals surface area (Å²) in [7, 11) is -4.04. The molecule has 2 amide bonds. The number of sulfonamides is 1. The highest BCUT2D eigenvalue weighted by atomic mass is 32.2. The molecule has 34 heavy (non-hydrogen) atoms. The predicted molar refractivity (Wildman–Crippen MR) is 122 cm³/mol. The molecule has 3 rings (SSSR count). The Labute approximate surface area is 198 Å². The monoisotopic (exact) mass is 495 g/mol. The second kappa shape index (κ2) is 12.1. The molecule has 0 bridgehead atoms. The van der Waals surface area contributed by atoms with Crippen molar-refractivity contribution in [2.45, 2.75) is 56.2 Å². The van der Waals surface area contributed by atoms with Crippen LogP contribution in [0.4, 0.5) is 4.39 Å². The second-order valence-corrected chi connectivity index (χ2v) is 9.83. The molecule has 0 unspecified atom stereocenters. The molecular formula is C23H30FN3O6S. The third-order valence-corrected chi connectivity index (χ3v) is 6.96. The Kier molecular flexibility index (Phi) is 9.20. The van der Waals surface area contributed by atoms with Gasteiger partial charge in [-0.25, -0.2) is 17.5 Å². The van der Waals surface area contributed by atoms with Crippen LogP contribution in [-0.2, 0) is 30.9 Å². The van der Waals surface area contributed by atoms with Crippen LogP contribution in [0.25, 0.3) is 0 Å². The van der Waals surface area contributed by atoms with Gasteiger partial charge in [0.15, 0.2) is 0 Å². The summed E-state index contributed by atoms with van der Waals surface area (Å²) in [6, 6.07) is 6.94. The van der Waals surface area contributed by atoms with Gasteiger partial charge in [0.2, 0.25) is 21.8 Å². The fourth-order valence-corrected chi connectivity index (χ4v) is 4.75. The van der Waals surface area contributed by atoms with Gasteiger partial charge in [-0.1, -0.05) is 13.3 Å². The van der Waals surface area contributed by atoms with Gasteiger partial charge >= 0.3 is 0 Å². The minimum Gasteiger partial charge on any atom is -0.467 e. The summed E-state index contributed by atoms with van der Waals surface area (Å²) in [5.74, 6) is -0.896. The van der Waals surface area contributed by atoms with E-state index >= 15 is 0 Å². The first kappa shape index (κ1) is 25.9. The molecule has 1 saturated heterocycles. The number of nitrogens with zero attached hydrogens (tertiary/aromatic N) is 1. The van der Waals surface area contributed by atoms with Crippen LogP contribution in [0.5, 0.6) is 0 Å². The van der Waals surface area contributed by atoms with Gasteiger partial charge in [-0.15, -0.1) is 0 Å². The molecule has 0 radical (unpaired) electrons. The lowest BCUT2D eigenvalue weighted by Gasteiger charge is -2.32. The van der Waals surface area contributed by atoms with Gasteiger partial charge in [0.25, 0.3) is 0 Å². The van der Waals surface area contributed by atoms with Gasteiger partial charge in [0.1, 0.15) is 17.6 Å². The average molecular weight is 496 g/mol. The summed E-state index contributed by atoms with van der Waals surface area (Å²) in [6.07, 6.45) is 3.91. The number of furan rings is 1. The number of carbonyl (C=O) groups excluding carboxylic acids is 2. The van der Waals surface area contributed by atoms with Crippen LogP contribution in [-0.4, -0.2) is 57.0 Å². The maximum atomic E-state index is 13.2. The third-order valence-electron chi connectivity index (χ3n) is 5.54. The number of ether oxygens (including phenoxy) is 1. The molecule has 186 valence electrons. The lowest BCUT2D eigenvalue weighted by molar-refractivity contribution is -0.141. The van der Waals surface area contributed by atoms with Crippen LogP contribution >= 0.6 is 0 Å². The van der Waals surface area contributed by atoms with Crippen LogP contribution < -0.4 is 10.0 Å². The minimum atomic E-state index is -4.04. The van der Waals surface area contributed by atoms with Gasteiger partial charge in [-0.3, -0.25) is 9.59 Å². The molecule has 2 heterocycles. The van der Waals surface area contributed by atoms with Crippen molar-refractivity contribution in [1.82, 2.24) is 14.9 Å². The summed E-state index contributed by atoms with van der Waals surface area (Å²) in [5.41, 5.74) is 0. The van der Waals surface area contributed by atoms with Crippen molar-refractivity contribution in [2.24, 2.45) is 0 Å². The van der Waals surface area contributed by atoms with Crippen molar-refractivity contribution in [2.75, 3.05) is 19.7 Å². The Morgan fingerprint density at radius 1 is 1.24 bits per heavy atom. The van der Waals surface area contributed by atoms with Gasteiger partial charge < -0.3 is 19.4 Å². The lowest BCUT2D eigenvalue weighted by Crippen LogP contribution is -2.54. The number of carbonyl (C=O) groups is 2. The number of rotatable bonds is 12. The zero-order chi connectivity index (χ0) is 24.6. The van der Waals surface area contributed by atoms with E-state index in [4.69, 9.17) is 9.15 Å². The van der Waals surface area contributed by atoms with Gasteiger partial charge in [0, 0.05) is 13.2 Å². The molecule has 2 aromatic rings. The standard InChI is InChI=1S/C23H30FN3O6S/c1-2-5-21(23(29)25-14-18-6-3-12-32-18)27(16-19-7-4-13-33-19)22(28)15-26-34(30,31)20-10-8-17(24)9-11-20/h3,6,8-12,19,21,26H,2,4-5,7,13-16H2,1H3,(H,25,29)/t19-,21-/m0/s1. The van der Waals surface area contributed by atoms with Crippen molar-refractivity contribution in [3.63, 3.8) is 0 Å². The zero-order valence-corrected chi connectivity index (χ0v) is 19.9. The summed E-state index contributed by atoms with van der Waals surface area (Å²) >= 11 is 0. The molecule has 1 aliphatic rings.